The Morgan fingerprint density at radius 1 is 1.17 bits per heavy atom. The zero-order chi connectivity index (χ0) is 17.3. The lowest BCUT2D eigenvalue weighted by Crippen LogP contribution is -2.25. The third-order valence-electron chi connectivity index (χ3n) is 4.51. The van der Waals surface area contributed by atoms with Gasteiger partial charge in [0.2, 0.25) is 0 Å². The molecule has 0 unspecified atom stereocenters. The van der Waals surface area contributed by atoms with Crippen LogP contribution in [0.25, 0.3) is 11.1 Å². The van der Waals surface area contributed by atoms with Gasteiger partial charge in [0, 0.05) is 5.41 Å². The minimum atomic E-state index is -0.725. The Labute approximate surface area is 142 Å². The second-order valence-corrected chi connectivity index (χ2v) is 6.85. The van der Waals surface area contributed by atoms with Crippen LogP contribution in [-0.2, 0) is 11.2 Å². The molecule has 4 nitrogen and oxygen atoms in total. The smallest absolute Gasteiger partial charge is 0.405 e. The fourth-order valence-corrected chi connectivity index (χ4v) is 3.45. The summed E-state index contributed by atoms with van der Waals surface area (Å²) >= 11 is 0. The molecule has 0 saturated carbocycles. The number of hydrogen-bond acceptors (Lipinski definition) is 3. The zero-order valence-corrected chi connectivity index (χ0v) is 14.3. The molecule has 0 bridgehead atoms. The molecule has 0 heterocycles. The molecule has 24 heavy (non-hydrogen) atoms. The van der Waals surface area contributed by atoms with E-state index >= 15 is 0 Å². The average Bonchev–Trinajstić information content (AvgIpc) is 2.77. The Morgan fingerprint density at radius 3 is 2.46 bits per heavy atom. The Morgan fingerprint density at radius 2 is 1.83 bits per heavy atom. The summed E-state index contributed by atoms with van der Waals surface area (Å²) < 4.78 is 10.9. The van der Waals surface area contributed by atoms with Crippen molar-refractivity contribution in [3.63, 3.8) is 0 Å². The highest BCUT2D eigenvalue weighted by Gasteiger charge is 2.41. The Balaban J connectivity index is 1.91. The summed E-state index contributed by atoms with van der Waals surface area (Å²) in [6.07, 6.45) is -0.165. The fraction of sp³-hybridized carbons (Fsp3) is 0.350. The van der Waals surface area contributed by atoms with Gasteiger partial charge in [-0.15, -0.1) is 0 Å². The normalized spacial score (nSPS) is 18.0. The lowest BCUT2D eigenvalue weighted by molar-refractivity contribution is 0.0392. The highest BCUT2D eigenvalue weighted by atomic mass is 16.6. The monoisotopic (exact) mass is 325 g/mol. The molecule has 1 amide bonds. The minimum Gasteiger partial charge on any atom is -0.494 e. The first-order valence-electron chi connectivity index (χ1n) is 8.23. The number of nitrogens with two attached hydrogens (primary N) is 1. The van der Waals surface area contributed by atoms with Gasteiger partial charge in [-0.25, -0.2) is 4.79 Å². The van der Waals surface area contributed by atoms with E-state index in [0.29, 0.717) is 6.61 Å². The van der Waals surface area contributed by atoms with E-state index in [1.807, 2.05) is 25.1 Å². The lowest BCUT2D eigenvalue weighted by atomic mass is 9.87. The fourth-order valence-electron chi connectivity index (χ4n) is 3.45. The minimum absolute atomic E-state index is 0.158. The number of primary amides is 1. The summed E-state index contributed by atoms with van der Waals surface area (Å²) in [4.78, 5) is 11.2. The van der Waals surface area contributed by atoms with Crippen molar-refractivity contribution in [2.75, 3.05) is 6.61 Å². The number of rotatable bonds is 4. The summed E-state index contributed by atoms with van der Waals surface area (Å²) in [5.74, 6) is 0.874. The summed E-state index contributed by atoms with van der Waals surface area (Å²) in [5, 5.41) is 0. The van der Waals surface area contributed by atoms with Gasteiger partial charge in [-0.05, 0) is 47.7 Å². The molecule has 0 aromatic heterocycles. The van der Waals surface area contributed by atoms with Crippen molar-refractivity contribution in [3.05, 3.63) is 53.6 Å². The van der Waals surface area contributed by atoms with Crippen molar-refractivity contribution in [2.45, 2.75) is 33.3 Å². The summed E-state index contributed by atoms with van der Waals surface area (Å²) in [5.41, 5.74) is 9.62. The van der Waals surface area contributed by atoms with Crippen LogP contribution >= 0.6 is 0 Å². The van der Waals surface area contributed by atoms with Gasteiger partial charge >= 0.3 is 6.09 Å². The molecule has 0 aliphatic heterocycles. The molecular weight excluding hydrogens is 302 g/mol. The Kier molecular flexibility index (Phi) is 4.22. The van der Waals surface area contributed by atoms with Crippen molar-refractivity contribution in [1.29, 1.82) is 0 Å². The molecule has 3 rings (SSSR count). The van der Waals surface area contributed by atoms with Crippen LogP contribution in [-0.4, -0.2) is 12.7 Å². The maximum atomic E-state index is 11.2. The quantitative estimate of drug-likeness (QED) is 0.902. The van der Waals surface area contributed by atoms with E-state index in [2.05, 4.69) is 38.1 Å². The number of benzene rings is 2. The number of hydrogen-bond donors (Lipinski definition) is 1. The summed E-state index contributed by atoms with van der Waals surface area (Å²) in [6, 6.07) is 14.4. The predicted octanol–water partition coefficient (Wildman–Crippen LogP) is 4.47. The number of carbonyl (C=O) groups excluding carboxylic acids is 1. The van der Waals surface area contributed by atoms with Crippen LogP contribution in [0.4, 0.5) is 4.79 Å². The van der Waals surface area contributed by atoms with Gasteiger partial charge in [-0.3, -0.25) is 0 Å². The third-order valence-corrected chi connectivity index (χ3v) is 4.51. The second-order valence-electron chi connectivity index (χ2n) is 6.85. The van der Waals surface area contributed by atoms with E-state index in [1.165, 1.54) is 5.56 Å². The summed E-state index contributed by atoms with van der Waals surface area (Å²) in [6.45, 7) is 6.82. The van der Waals surface area contributed by atoms with E-state index in [-0.39, 0.29) is 11.5 Å². The van der Waals surface area contributed by atoms with Crippen molar-refractivity contribution in [3.8, 4) is 16.9 Å². The molecule has 4 heteroatoms. The molecule has 0 fully saturated rings. The van der Waals surface area contributed by atoms with Gasteiger partial charge in [-0.1, -0.05) is 44.2 Å². The molecule has 1 aliphatic rings. The van der Waals surface area contributed by atoms with E-state index in [9.17, 15) is 4.79 Å². The van der Waals surface area contributed by atoms with E-state index in [4.69, 9.17) is 15.2 Å². The van der Waals surface area contributed by atoms with Crippen molar-refractivity contribution in [2.24, 2.45) is 11.1 Å². The van der Waals surface area contributed by atoms with Crippen LogP contribution in [0, 0.1) is 5.41 Å². The maximum Gasteiger partial charge on any atom is 0.405 e. The molecule has 2 N–H and O–H groups in total. The molecule has 126 valence electrons. The maximum absolute atomic E-state index is 11.2. The van der Waals surface area contributed by atoms with E-state index in [0.717, 1.165) is 28.9 Å². The van der Waals surface area contributed by atoms with Crippen LogP contribution < -0.4 is 10.5 Å². The third kappa shape index (κ3) is 3.09. The SMILES string of the molecule is CCOc1ccc(-c2ccc3c(c2)CC(C)(C)[C@H]3OC(N)=O)cc1. The number of ether oxygens (including phenoxy) is 2. The molecule has 0 saturated heterocycles. The second kappa shape index (κ2) is 6.19. The van der Waals surface area contributed by atoms with E-state index < -0.39 is 6.09 Å². The first kappa shape index (κ1) is 16.4. The first-order chi connectivity index (χ1) is 11.4. The molecule has 2 aromatic carbocycles. The number of fused-ring (bicyclic) bond motifs is 1. The van der Waals surface area contributed by atoms with Crippen LogP contribution in [0.2, 0.25) is 0 Å². The first-order valence-corrected chi connectivity index (χ1v) is 8.23. The van der Waals surface area contributed by atoms with Crippen molar-refractivity contribution >= 4 is 6.09 Å². The molecule has 1 atom stereocenters. The topological polar surface area (TPSA) is 61.6 Å². The van der Waals surface area contributed by atoms with Crippen LogP contribution in [0.5, 0.6) is 5.75 Å². The highest BCUT2D eigenvalue weighted by Crippen LogP contribution is 2.48. The molecule has 1 aliphatic carbocycles. The van der Waals surface area contributed by atoms with Gasteiger partial charge < -0.3 is 15.2 Å². The molecule has 2 aromatic rings. The standard InChI is InChI=1S/C20H23NO3/c1-4-23-16-8-5-13(6-9-16)14-7-10-17-15(11-14)12-20(2,3)18(17)24-19(21)22/h5-11,18H,4,12H2,1-3H3,(H2,21,22)/t18-/m0/s1. The lowest BCUT2D eigenvalue weighted by Gasteiger charge is -2.26. The van der Waals surface area contributed by atoms with Gasteiger partial charge in [0.1, 0.15) is 11.9 Å². The zero-order valence-electron chi connectivity index (χ0n) is 14.3. The summed E-state index contributed by atoms with van der Waals surface area (Å²) in [7, 11) is 0. The molecular formula is C20H23NO3. The van der Waals surface area contributed by atoms with Gasteiger partial charge in [0.05, 0.1) is 6.61 Å². The predicted molar refractivity (Wildman–Crippen MR) is 93.9 cm³/mol. The highest BCUT2D eigenvalue weighted by molar-refractivity contribution is 5.68. The van der Waals surface area contributed by atoms with Gasteiger partial charge in [0.15, 0.2) is 0 Å². The average molecular weight is 325 g/mol. The van der Waals surface area contributed by atoms with E-state index in [1.54, 1.807) is 0 Å². The number of carbonyl (C=O) groups is 1. The van der Waals surface area contributed by atoms with Gasteiger partial charge in [0.25, 0.3) is 0 Å². The van der Waals surface area contributed by atoms with Crippen molar-refractivity contribution in [1.82, 2.24) is 0 Å². The molecule has 0 spiro atoms. The van der Waals surface area contributed by atoms with Gasteiger partial charge in [-0.2, -0.15) is 0 Å². The van der Waals surface area contributed by atoms with Crippen LogP contribution in [0.1, 0.15) is 38.0 Å². The number of amides is 1. The largest absolute Gasteiger partial charge is 0.494 e. The van der Waals surface area contributed by atoms with Crippen LogP contribution in [0.15, 0.2) is 42.5 Å². The van der Waals surface area contributed by atoms with Crippen molar-refractivity contribution < 1.29 is 14.3 Å². The Bertz CT molecular complexity index is 750. The molecule has 0 radical (unpaired) electrons. The van der Waals surface area contributed by atoms with Crippen LogP contribution in [0.3, 0.4) is 0 Å². The Hall–Kier alpha value is -2.49.